The van der Waals surface area contributed by atoms with Crippen molar-refractivity contribution in [3.63, 3.8) is 0 Å². The van der Waals surface area contributed by atoms with Crippen LogP contribution < -0.4 is 0 Å². The van der Waals surface area contributed by atoms with E-state index in [0.717, 1.165) is 5.56 Å². The summed E-state index contributed by atoms with van der Waals surface area (Å²) in [5.41, 5.74) is 1.90. The third-order valence-electron chi connectivity index (χ3n) is 4.18. The van der Waals surface area contributed by atoms with Crippen LogP contribution in [0.2, 0.25) is 5.02 Å². The zero-order valence-corrected chi connectivity index (χ0v) is 15.5. The molecule has 2 aromatic carbocycles. The van der Waals surface area contributed by atoms with Crippen molar-refractivity contribution in [2.24, 2.45) is 0 Å². The molecule has 5 nitrogen and oxygen atoms in total. The Bertz CT molecular complexity index is 812. The Morgan fingerprint density at radius 2 is 1.70 bits per heavy atom. The van der Waals surface area contributed by atoms with Crippen LogP contribution >= 0.6 is 11.6 Å². The number of morpholine rings is 1. The highest BCUT2D eigenvalue weighted by Gasteiger charge is 2.20. The van der Waals surface area contributed by atoms with Gasteiger partial charge in [0, 0.05) is 18.1 Å². The van der Waals surface area contributed by atoms with Crippen LogP contribution in [0.25, 0.3) is 11.6 Å². The maximum Gasteiger partial charge on any atom is 0.339 e. The van der Waals surface area contributed by atoms with E-state index in [1.54, 1.807) is 35.2 Å². The van der Waals surface area contributed by atoms with Gasteiger partial charge >= 0.3 is 5.97 Å². The van der Waals surface area contributed by atoms with E-state index in [4.69, 9.17) is 21.1 Å². The van der Waals surface area contributed by atoms with Crippen LogP contribution in [-0.4, -0.2) is 49.7 Å². The summed E-state index contributed by atoms with van der Waals surface area (Å²) in [5, 5.41) is 0.577. The van der Waals surface area contributed by atoms with Crippen molar-refractivity contribution in [1.29, 1.82) is 0 Å². The van der Waals surface area contributed by atoms with Crippen LogP contribution in [0.15, 0.2) is 54.6 Å². The zero-order valence-electron chi connectivity index (χ0n) is 14.8. The molecule has 0 atom stereocenters. The molecule has 6 heteroatoms. The average Bonchev–Trinajstić information content (AvgIpc) is 2.72. The summed E-state index contributed by atoms with van der Waals surface area (Å²) in [7, 11) is 0. The second kappa shape index (κ2) is 9.35. The van der Waals surface area contributed by atoms with Gasteiger partial charge in [-0.15, -0.1) is 0 Å². The molecule has 1 heterocycles. The number of benzene rings is 2. The highest BCUT2D eigenvalue weighted by molar-refractivity contribution is 6.30. The lowest BCUT2D eigenvalue weighted by Crippen LogP contribution is -2.42. The molecule has 2 aromatic rings. The summed E-state index contributed by atoms with van der Waals surface area (Å²) in [5.74, 6) is -0.774. The maximum absolute atomic E-state index is 12.7. The Hall–Kier alpha value is -2.63. The Balaban J connectivity index is 1.75. The van der Waals surface area contributed by atoms with Crippen molar-refractivity contribution in [3.05, 3.63) is 70.7 Å². The number of hydrogen-bond donors (Lipinski definition) is 0. The molecule has 1 saturated heterocycles. The standard InChI is InChI=1S/C21H20ClNO4/c22-18-8-6-17(7-9-18)19(14-16-4-2-1-3-5-16)21(25)27-15-20(24)23-10-12-26-13-11-23/h1-9,14H,10-13,15H2/b19-14+. The molecule has 3 rings (SSSR count). The molecule has 27 heavy (non-hydrogen) atoms. The Labute approximate surface area is 163 Å². The van der Waals surface area contributed by atoms with Gasteiger partial charge in [-0.05, 0) is 29.3 Å². The zero-order chi connectivity index (χ0) is 19.1. The molecule has 0 aromatic heterocycles. The predicted octanol–water partition coefficient (Wildman–Crippen LogP) is 3.28. The number of nitrogens with zero attached hydrogens (tertiary/aromatic N) is 1. The van der Waals surface area contributed by atoms with E-state index in [1.807, 2.05) is 30.3 Å². The fourth-order valence-corrected chi connectivity index (χ4v) is 2.84. The summed E-state index contributed by atoms with van der Waals surface area (Å²) in [6.45, 7) is 1.74. The van der Waals surface area contributed by atoms with Gasteiger partial charge in [-0.3, -0.25) is 4.79 Å². The van der Waals surface area contributed by atoms with Gasteiger partial charge < -0.3 is 14.4 Å². The number of esters is 1. The normalized spacial score (nSPS) is 14.7. The Kier molecular flexibility index (Phi) is 6.63. The van der Waals surface area contributed by atoms with Crippen molar-refractivity contribution in [3.8, 4) is 0 Å². The van der Waals surface area contributed by atoms with Gasteiger partial charge in [0.1, 0.15) is 0 Å². The largest absolute Gasteiger partial charge is 0.452 e. The molecule has 0 N–H and O–H groups in total. The molecule has 1 aliphatic heterocycles. The lowest BCUT2D eigenvalue weighted by atomic mass is 10.0. The second-order valence-corrected chi connectivity index (χ2v) is 6.48. The van der Waals surface area contributed by atoms with Crippen molar-refractivity contribution in [2.45, 2.75) is 0 Å². The summed E-state index contributed by atoms with van der Waals surface area (Å²) in [6.07, 6.45) is 1.74. The number of rotatable bonds is 5. The van der Waals surface area contributed by atoms with Gasteiger partial charge in [0.05, 0.1) is 18.8 Å². The first kappa shape index (κ1) is 19.1. The molecule has 0 spiro atoms. The number of amides is 1. The highest BCUT2D eigenvalue weighted by atomic mass is 35.5. The third kappa shape index (κ3) is 5.42. The monoisotopic (exact) mass is 385 g/mol. The van der Waals surface area contributed by atoms with Crippen molar-refractivity contribution in [1.82, 2.24) is 4.90 Å². The van der Waals surface area contributed by atoms with Crippen LogP contribution in [0.5, 0.6) is 0 Å². The van der Waals surface area contributed by atoms with E-state index in [1.165, 1.54) is 0 Å². The maximum atomic E-state index is 12.7. The number of carbonyl (C=O) groups is 2. The van der Waals surface area contributed by atoms with Crippen LogP contribution in [0, 0.1) is 0 Å². The van der Waals surface area contributed by atoms with Gasteiger partial charge in [-0.1, -0.05) is 54.1 Å². The van der Waals surface area contributed by atoms with Gasteiger partial charge in [-0.25, -0.2) is 4.79 Å². The SMILES string of the molecule is O=C(OCC(=O)N1CCOCC1)/C(=C/c1ccccc1)c1ccc(Cl)cc1. The van der Waals surface area contributed by atoms with E-state index in [2.05, 4.69) is 0 Å². The fraction of sp³-hybridized carbons (Fsp3) is 0.238. The molecule has 1 aliphatic rings. The molecular weight excluding hydrogens is 366 g/mol. The first-order valence-corrected chi connectivity index (χ1v) is 9.06. The molecule has 0 unspecified atom stereocenters. The quantitative estimate of drug-likeness (QED) is 0.450. The van der Waals surface area contributed by atoms with E-state index >= 15 is 0 Å². The van der Waals surface area contributed by atoms with Crippen molar-refractivity contribution < 1.29 is 19.1 Å². The number of hydrogen-bond acceptors (Lipinski definition) is 4. The lowest BCUT2D eigenvalue weighted by molar-refractivity contribution is -0.149. The number of halogens is 1. The first-order chi connectivity index (χ1) is 13.1. The van der Waals surface area contributed by atoms with Crippen molar-refractivity contribution >= 4 is 35.1 Å². The van der Waals surface area contributed by atoms with E-state index in [9.17, 15) is 9.59 Å². The molecule has 0 saturated carbocycles. The summed E-state index contributed by atoms with van der Waals surface area (Å²) >= 11 is 5.95. The van der Waals surface area contributed by atoms with Crippen LogP contribution in [0.3, 0.4) is 0 Å². The molecule has 0 bridgehead atoms. The predicted molar refractivity (Wildman–Crippen MR) is 104 cm³/mol. The second-order valence-electron chi connectivity index (χ2n) is 6.04. The van der Waals surface area contributed by atoms with Gasteiger partial charge in [0.2, 0.25) is 0 Å². The first-order valence-electron chi connectivity index (χ1n) is 8.69. The molecule has 140 valence electrons. The minimum Gasteiger partial charge on any atom is -0.452 e. The molecule has 1 amide bonds. The highest BCUT2D eigenvalue weighted by Crippen LogP contribution is 2.22. The smallest absolute Gasteiger partial charge is 0.339 e. The summed E-state index contributed by atoms with van der Waals surface area (Å²) in [4.78, 5) is 26.6. The van der Waals surface area contributed by atoms with Gasteiger partial charge in [0.15, 0.2) is 6.61 Å². The van der Waals surface area contributed by atoms with Gasteiger partial charge in [0.25, 0.3) is 5.91 Å². The van der Waals surface area contributed by atoms with Crippen LogP contribution in [0.4, 0.5) is 0 Å². The molecule has 0 aliphatic carbocycles. The van der Waals surface area contributed by atoms with Crippen LogP contribution in [0.1, 0.15) is 11.1 Å². The van der Waals surface area contributed by atoms with Crippen molar-refractivity contribution in [2.75, 3.05) is 32.9 Å². The molecular formula is C21H20ClNO4. The molecule has 0 radical (unpaired) electrons. The molecule has 1 fully saturated rings. The summed E-state index contributed by atoms with van der Waals surface area (Å²) < 4.78 is 10.5. The van der Waals surface area contributed by atoms with E-state index < -0.39 is 5.97 Å². The van der Waals surface area contributed by atoms with Crippen LogP contribution in [-0.2, 0) is 19.1 Å². The minimum absolute atomic E-state index is 0.221. The third-order valence-corrected chi connectivity index (χ3v) is 4.43. The average molecular weight is 386 g/mol. The number of carbonyl (C=O) groups excluding carboxylic acids is 2. The Morgan fingerprint density at radius 1 is 1.04 bits per heavy atom. The minimum atomic E-state index is -0.553. The Morgan fingerprint density at radius 3 is 2.37 bits per heavy atom. The van der Waals surface area contributed by atoms with Gasteiger partial charge in [-0.2, -0.15) is 0 Å². The fourth-order valence-electron chi connectivity index (χ4n) is 2.71. The lowest BCUT2D eigenvalue weighted by Gasteiger charge is -2.26. The summed E-state index contributed by atoms with van der Waals surface area (Å²) in [6, 6.07) is 16.4. The van der Waals surface area contributed by atoms with E-state index in [-0.39, 0.29) is 12.5 Å². The van der Waals surface area contributed by atoms with E-state index in [0.29, 0.717) is 42.5 Å². The number of ether oxygens (including phenoxy) is 2. The topological polar surface area (TPSA) is 55.8 Å².